The van der Waals surface area contributed by atoms with Crippen LogP contribution in [-0.2, 0) is 11.3 Å². The Hall–Kier alpha value is -3.42. The van der Waals surface area contributed by atoms with Crippen molar-refractivity contribution in [3.8, 4) is 17.2 Å². The van der Waals surface area contributed by atoms with Crippen molar-refractivity contribution in [2.45, 2.75) is 20.4 Å². The van der Waals surface area contributed by atoms with E-state index in [9.17, 15) is 4.79 Å². The van der Waals surface area contributed by atoms with Crippen LogP contribution in [0.5, 0.6) is 17.2 Å². The molecule has 6 nitrogen and oxygen atoms in total. The minimum absolute atomic E-state index is 0.303. The highest BCUT2D eigenvalue weighted by Crippen LogP contribution is 2.24. The first-order valence-corrected chi connectivity index (χ1v) is 11.8. The summed E-state index contributed by atoms with van der Waals surface area (Å²) in [4.78, 5) is 18.0. The molecule has 0 aliphatic heterocycles. The third-order valence-electron chi connectivity index (χ3n) is 4.91. The molecular weight excluding hydrogens is 436 g/mol. The van der Waals surface area contributed by atoms with Crippen LogP contribution in [-0.4, -0.2) is 30.3 Å². The number of nitrogens with zero attached hydrogens (tertiary/aromatic N) is 2. The van der Waals surface area contributed by atoms with E-state index in [-0.39, 0.29) is 5.91 Å². The highest BCUT2D eigenvalue weighted by Gasteiger charge is 2.11. The molecule has 0 radical (unpaired) electrons. The number of rotatable bonds is 9. The summed E-state index contributed by atoms with van der Waals surface area (Å²) in [6.45, 7) is 6.31. The molecule has 1 heterocycles. The first-order chi connectivity index (χ1) is 16.2. The second-order valence-electron chi connectivity index (χ2n) is 7.15. The minimum Gasteiger partial charge on any atom is -0.494 e. The first-order valence-electron chi connectivity index (χ1n) is 10.9. The number of hydrogen-bond donors (Lipinski definition) is 0. The van der Waals surface area contributed by atoms with Crippen LogP contribution in [0.4, 0.5) is 0 Å². The summed E-state index contributed by atoms with van der Waals surface area (Å²) in [5, 5.41) is 0. The molecule has 0 fully saturated rings. The van der Waals surface area contributed by atoms with Crippen molar-refractivity contribution in [3.63, 3.8) is 0 Å². The number of carbonyl (C=O) groups excluding carboxylic acids is 1. The summed E-state index contributed by atoms with van der Waals surface area (Å²) < 4.78 is 20.0. The van der Waals surface area contributed by atoms with Gasteiger partial charge in [-0.15, -0.1) is 0 Å². The molecule has 170 valence electrons. The number of thiazole rings is 1. The Labute approximate surface area is 196 Å². The van der Waals surface area contributed by atoms with Gasteiger partial charge < -0.3 is 18.8 Å². The topological polar surface area (TPSA) is 62.1 Å². The molecule has 0 aliphatic rings. The molecule has 0 bridgehead atoms. The number of benzene rings is 3. The molecule has 1 amide bonds. The predicted molar refractivity (Wildman–Crippen MR) is 130 cm³/mol. The van der Waals surface area contributed by atoms with E-state index in [1.165, 1.54) is 11.3 Å². The lowest BCUT2D eigenvalue weighted by molar-refractivity contribution is 0.0996. The fraction of sp³-hybridized carbons (Fsp3) is 0.231. The second kappa shape index (κ2) is 10.9. The van der Waals surface area contributed by atoms with Gasteiger partial charge in [-0.2, -0.15) is 4.99 Å². The molecule has 0 N–H and O–H groups in total. The van der Waals surface area contributed by atoms with Gasteiger partial charge >= 0.3 is 0 Å². The van der Waals surface area contributed by atoms with E-state index in [2.05, 4.69) is 4.99 Å². The second-order valence-corrected chi connectivity index (χ2v) is 8.16. The molecule has 7 heteroatoms. The average Bonchev–Trinajstić information content (AvgIpc) is 3.17. The molecule has 3 aromatic carbocycles. The number of amides is 1. The van der Waals surface area contributed by atoms with Gasteiger partial charge in [0.15, 0.2) is 4.80 Å². The lowest BCUT2D eigenvalue weighted by Gasteiger charge is -2.07. The van der Waals surface area contributed by atoms with E-state index in [4.69, 9.17) is 14.2 Å². The van der Waals surface area contributed by atoms with Crippen molar-refractivity contribution in [1.29, 1.82) is 0 Å². The smallest absolute Gasteiger partial charge is 0.279 e. The SMILES string of the molecule is CCOCCn1c(=NC(=O)c2ccc(Oc3ccccc3)cc2)sc2cc(OCC)ccc21. The van der Waals surface area contributed by atoms with Crippen LogP contribution in [0.15, 0.2) is 77.8 Å². The van der Waals surface area contributed by atoms with Gasteiger partial charge in [-0.05, 0) is 68.4 Å². The van der Waals surface area contributed by atoms with Crippen molar-refractivity contribution in [2.24, 2.45) is 4.99 Å². The van der Waals surface area contributed by atoms with Crippen LogP contribution >= 0.6 is 11.3 Å². The van der Waals surface area contributed by atoms with Gasteiger partial charge in [0.2, 0.25) is 0 Å². The number of para-hydroxylation sites is 1. The maximum Gasteiger partial charge on any atom is 0.279 e. The van der Waals surface area contributed by atoms with Gasteiger partial charge in [-0.1, -0.05) is 29.5 Å². The summed E-state index contributed by atoms with van der Waals surface area (Å²) in [5.41, 5.74) is 1.50. The van der Waals surface area contributed by atoms with Gasteiger partial charge in [0, 0.05) is 18.7 Å². The van der Waals surface area contributed by atoms with Gasteiger partial charge in [-0.3, -0.25) is 4.79 Å². The predicted octanol–water partition coefficient (Wildman–Crippen LogP) is 5.67. The van der Waals surface area contributed by atoms with Crippen LogP contribution in [0.2, 0.25) is 0 Å². The molecule has 4 rings (SSSR count). The number of ether oxygens (including phenoxy) is 3. The first kappa shape index (κ1) is 22.8. The molecule has 4 aromatic rings. The zero-order valence-electron chi connectivity index (χ0n) is 18.7. The van der Waals surface area contributed by atoms with Crippen LogP contribution in [0.3, 0.4) is 0 Å². The summed E-state index contributed by atoms with van der Waals surface area (Å²) in [7, 11) is 0. The third kappa shape index (κ3) is 5.69. The Kier molecular flexibility index (Phi) is 7.55. The van der Waals surface area contributed by atoms with Crippen LogP contribution in [0.1, 0.15) is 24.2 Å². The van der Waals surface area contributed by atoms with Gasteiger partial charge in [-0.25, -0.2) is 0 Å². The van der Waals surface area contributed by atoms with Crippen molar-refractivity contribution < 1.29 is 19.0 Å². The largest absolute Gasteiger partial charge is 0.494 e. The highest BCUT2D eigenvalue weighted by atomic mass is 32.1. The summed E-state index contributed by atoms with van der Waals surface area (Å²) in [6.07, 6.45) is 0. The molecule has 1 aromatic heterocycles. The average molecular weight is 463 g/mol. The molecule has 33 heavy (non-hydrogen) atoms. The zero-order chi connectivity index (χ0) is 23.0. The fourth-order valence-electron chi connectivity index (χ4n) is 3.35. The number of hydrogen-bond acceptors (Lipinski definition) is 5. The van der Waals surface area contributed by atoms with E-state index in [1.54, 1.807) is 24.3 Å². The minimum atomic E-state index is -0.303. The Bertz CT molecular complexity index is 1280. The van der Waals surface area contributed by atoms with E-state index < -0.39 is 0 Å². The molecule has 0 spiro atoms. The van der Waals surface area contributed by atoms with E-state index in [0.717, 1.165) is 21.7 Å². The van der Waals surface area contributed by atoms with Crippen LogP contribution < -0.4 is 14.3 Å². The summed E-state index contributed by atoms with van der Waals surface area (Å²) >= 11 is 1.47. The molecular formula is C26H26N2O4S. The van der Waals surface area contributed by atoms with E-state index in [0.29, 0.717) is 42.5 Å². The van der Waals surface area contributed by atoms with Gasteiger partial charge in [0.05, 0.1) is 23.4 Å². The quantitative estimate of drug-likeness (QED) is 0.301. The normalized spacial score (nSPS) is 11.6. The van der Waals surface area contributed by atoms with Crippen molar-refractivity contribution in [2.75, 3.05) is 19.8 Å². The monoisotopic (exact) mass is 462 g/mol. The zero-order valence-corrected chi connectivity index (χ0v) is 19.5. The Balaban J connectivity index is 1.62. The van der Waals surface area contributed by atoms with Gasteiger partial charge in [0.25, 0.3) is 5.91 Å². The molecule has 0 atom stereocenters. The maximum atomic E-state index is 12.9. The summed E-state index contributed by atoms with van der Waals surface area (Å²) in [5.74, 6) is 1.90. The fourth-order valence-corrected chi connectivity index (χ4v) is 4.44. The maximum absolute atomic E-state index is 12.9. The molecule has 0 saturated carbocycles. The van der Waals surface area contributed by atoms with Gasteiger partial charge in [0.1, 0.15) is 17.2 Å². The lowest BCUT2D eigenvalue weighted by atomic mass is 10.2. The Morgan fingerprint density at radius 2 is 1.64 bits per heavy atom. The lowest BCUT2D eigenvalue weighted by Crippen LogP contribution is -2.19. The van der Waals surface area contributed by atoms with Crippen molar-refractivity contribution in [3.05, 3.63) is 83.2 Å². The summed E-state index contributed by atoms with van der Waals surface area (Å²) in [6, 6.07) is 22.5. The Morgan fingerprint density at radius 1 is 0.909 bits per heavy atom. The van der Waals surface area contributed by atoms with Crippen molar-refractivity contribution in [1.82, 2.24) is 4.57 Å². The number of carbonyl (C=O) groups is 1. The molecule has 0 unspecified atom stereocenters. The van der Waals surface area contributed by atoms with Crippen molar-refractivity contribution >= 4 is 27.5 Å². The Morgan fingerprint density at radius 3 is 2.36 bits per heavy atom. The molecule has 0 saturated heterocycles. The molecule has 0 aliphatic carbocycles. The van der Waals surface area contributed by atoms with E-state index in [1.807, 2.05) is 66.9 Å². The third-order valence-corrected chi connectivity index (χ3v) is 5.95. The number of fused-ring (bicyclic) bond motifs is 1. The number of aromatic nitrogens is 1. The highest BCUT2D eigenvalue weighted by molar-refractivity contribution is 7.16. The van der Waals surface area contributed by atoms with Crippen LogP contribution in [0, 0.1) is 0 Å². The van der Waals surface area contributed by atoms with E-state index >= 15 is 0 Å². The van der Waals surface area contributed by atoms with Crippen LogP contribution in [0.25, 0.3) is 10.2 Å². The standard InChI is InChI=1S/C26H26N2O4S/c1-3-30-17-16-28-23-15-14-22(31-4-2)18-24(23)33-26(28)27-25(29)19-10-12-21(13-11-19)32-20-8-6-5-7-9-20/h5-15,18H,3-4,16-17H2,1-2H3.